The highest BCUT2D eigenvalue weighted by molar-refractivity contribution is 7.14. The van der Waals surface area contributed by atoms with E-state index in [9.17, 15) is 18.8 Å². The van der Waals surface area contributed by atoms with Crippen LogP contribution in [0.2, 0.25) is 0 Å². The van der Waals surface area contributed by atoms with Gasteiger partial charge in [-0.3, -0.25) is 19.0 Å². The molecule has 1 aromatic carbocycles. The van der Waals surface area contributed by atoms with Crippen LogP contribution >= 0.6 is 11.3 Å². The van der Waals surface area contributed by atoms with Gasteiger partial charge in [-0.25, -0.2) is 9.37 Å². The Morgan fingerprint density at radius 2 is 1.96 bits per heavy atom. The number of nitrogens with zero attached hydrogens (tertiary/aromatic N) is 2. The Labute approximate surface area is 165 Å². The van der Waals surface area contributed by atoms with E-state index in [0.29, 0.717) is 11.4 Å². The van der Waals surface area contributed by atoms with E-state index in [4.69, 9.17) is 0 Å². The summed E-state index contributed by atoms with van der Waals surface area (Å²) in [5.41, 5.74) is -0.627. The van der Waals surface area contributed by atoms with Gasteiger partial charge < -0.3 is 5.32 Å². The number of rotatable bonds is 5. The molecule has 1 N–H and O–H groups in total. The molecule has 3 rings (SSSR count). The van der Waals surface area contributed by atoms with Crippen molar-refractivity contribution in [2.24, 2.45) is 5.41 Å². The highest BCUT2D eigenvalue weighted by atomic mass is 32.1. The summed E-state index contributed by atoms with van der Waals surface area (Å²) >= 11 is 1.27. The van der Waals surface area contributed by atoms with Crippen molar-refractivity contribution in [3.8, 4) is 0 Å². The summed E-state index contributed by atoms with van der Waals surface area (Å²) in [7, 11) is 0. The number of fused-ring (bicyclic) bond motifs is 1. The van der Waals surface area contributed by atoms with Crippen LogP contribution in [0.4, 0.5) is 4.39 Å². The minimum absolute atomic E-state index is 0.0704. The van der Waals surface area contributed by atoms with Crippen molar-refractivity contribution < 1.29 is 14.0 Å². The lowest BCUT2D eigenvalue weighted by Gasteiger charge is -2.17. The summed E-state index contributed by atoms with van der Waals surface area (Å²) in [6, 6.07) is 7.20. The second kappa shape index (κ2) is 7.63. The van der Waals surface area contributed by atoms with E-state index >= 15 is 0 Å². The summed E-state index contributed by atoms with van der Waals surface area (Å²) in [6.07, 6.45) is 1.25. The summed E-state index contributed by atoms with van der Waals surface area (Å²) in [4.78, 5) is 42.4. The first-order valence-corrected chi connectivity index (χ1v) is 9.52. The monoisotopic (exact) mass is 401 g/mol. The van der Waals surface area contributed by atoms with E-state index in [2.05, 4.69) is 10.3 Å². The Balaban J connectivity index is 1.72. The highest BCUT2D eigenvalue weighted by Crippen LogP contribution is 2.19. The first kappa shape index (κ1) is 19.9. The zero-order valence-corrected chi connectivity index (χ0v) is 16.6. The van der Waals surface area contributed by atoms with Gasteiger partial charge in [-0.2, -0.15) is 0 Å². The van der Waals surface area contributed by atoms with Gasteiger partial charge in [0.1, 0.15) is 5.82 Å². The number of hydrogen-bond acceptors (Lipinski definition) is 5. The zero-order chi connectivity index (χ0) is 20.5. The Morgan fingerprint density at radius 1 is 1.21 bits per heavy atom. The molecule has 0 atom stereocenters. The van der Waals surface area contributed by atoms with Gasteiger partial charge in [-0.05, 0) is 24.3 Å². The SMILES string of the molecule is CC(C)(C)C(=O)NCc1ccc(C(=O)Cn2cnc3cc(F)ccc3c2=O)s1. The highest BCUT2D eigenvalue weighted by Gasteiger charge is 2.21. The fourth-order valence-electron chi connectivity index (χ4n) is 2.53. The molecule has 0 aliphatic heterocycles. The van der Waals surface area contributed by atoms with E-state index in [1.165, 1.54) is 40.4 Å². The number of halogens is 1. The van der Waals surface area contributed by atoms with Crippen LogP contribution in [0, 0.1) is 11.2 Å². The van der Waals surface area contributed by atoms with Crippen molar-refractivity contribution in [3.05, 3.63) is 62.6 Å². The van der Waals surface area contributed by atoms with Crippen molar-refractivity contribution in [1.82, 2.24) is 14.9 Å². The molecule has 3 aromatic rings. The van der Waals surface area contributed by atoms with Gasteiger partial charge >= 0.3 is 0 Å². The van der Waals surface area contributed by atoms with Gasteiger partial charge in [0.2, 0.25) is 5.91 Å². The topological polar surface area (TPSA) is 81.1 Å². The third-order valence-corrected chi connectivity index (χ3v) is 5.27. The number of carbonyl (C=O) groups excluding carboxylic acids is 2. The molecule has 0 saturated heterocycles. The summed E-state index contributed by atoms with van der Waals surface area (Å²) in [6.45, 7) is 5.67. The first-order valence-electron chi connectivity index (χ1n) is 8.70. The van der Waals surface area contributed by atoms with Crippen LogP contribution in [0.15, 0.2) is 41.5 Å². The van der Waals surface area contributed by atoms with Gasteiger partial charge in [-0.15, -0.1) is 11.3 Å². The van der Waals surface area contributed by atoms with E-state index in [1.807, 2.05) is 20.8 Å². The van der Waals surface area contributed by atoms with E-state index in [-0.39, 0.29) is 29.1 Å². The van der Waals surface area contributed by atoms with Crippen molar-refractivity contribution >= 4 is 33.9 Å². The lowest BCUT2D eigenvalue weighted by Crippen LogP contribution is -2.34. The quantitative estimate of drug-likeness (QED) is 0.666. The lowest BCUT2D eigenvalue weighted by atomic mass is 9.96. The van der Waals surface area contributed by atoms with Crippen molar-refractivity contribution in [2.45, 2.75) is 33.9 Å². The van der Waals surface area contributed by atoms with Crippen molar-refractivity contribution in [3.63, 3.8) is 0 Å². The second-order valence-corrected chi connectivity index (χ2v) is 8.63. The number of hydrogen-bond donors (Lipinski definition) is 1. The molecule has 0 aliphatic rings. The normalized spacial score (nSPS) is 11.6. The predicted octanol–water partition coefficient (Wildman–Crippen LogP) is 3.14. The van der Waals surface area contributed by atoms with Crippen LogP contribution in [0.1, 0.15) is 35.3 Å². The predicted molar refractivity (Wildman–Crippen MR) is 106 cm³/mol. The number of Topliss-reactive ketones (excluding diaryl/α,β-unsaturated/α-hetero) is 1. The number of ketones is 1. The van der Waals surface area contributed by atoms with Crippen molar-refractivity contribution in [2.75, 3.05) is 0 Å². The van der Waals surface area contributed by atoms with E-state index in [0.717, 1.165) is 4.88 Å². The second-order valence-electron chi connectivity index (χ2n) is 7.46. The smallest absolute Gasteiger partial charge is 0.261 e. The van der Waals surface area contributed by atoms with Crippen LogP contribution in [0.25, 0.3) is 10.9 Å². The molecule has 146 valence electrons. The molecule has 0 radical (unpaired) electrons. The lowest BCUT2D eigenvalue weighted by molar-refractivity contribution is -0.128. The third kappa shape index (κ3) is 4.33. The summed E-state index contributed by atoms with van der Waals surface area (Å²) in [5.74, 6) is -0.777. The largest absolute Gasteiger partial charge is 0.351 e. The molecule has 1 amide bonds. The molecule has 6 nitrogen and oxygen atoms in total. The molecule has 2 aromatic heterocycles. The average Bonchev–Trinajstić information content (AvgIpc) is 3.10. The molecule has 0 unspecified atom stereocenters. The summed E-state index contributed by atoms with van der Waals surface area (Å²) < 4.78 is 14.5. The van der Waals surface area contributed by atoms with E-state index in [1.54, 1.807) is 12.1 Å². The minimum atomic E-state index is -0.483. The molecule has 28 heavy (non-hydrogen) atoms. The van der Waals surface area contributed by atoms with Crippen LogP contribution in [0.3, 0.4) is 0 Å². The summed E-state index contributed by atoms with van der Waals surface area (Å²) in [5, 5.41) is 3.10. The minimum Gasteiger partial charge on any atom is -0.351 e. The van der Waals surface area contributed by atoms with Gasteiger partial charge in [0.15, 0.2) is 5.78 Å². The number of aromatic nitrogens is 2. The molecule has 0 bridgehead atoms. The number of benzene rings is 1. The van der Waals surface area contributed by atoms with Gasteiger partial charge in [0.25, 0.3) is 5.56 Å². The Kier molecular flexibility index (Phi) is 5.42. The molecule has 2 heterocycles. The fraction of sp³-hybridized carbons (Fsp3) is 0.300. The van der Waals surface area contributed by atoms with Gasteiger partial charge in [0, 0.05) is 16.4 Å². The molecule has 0 fully saturated rings. The zero-order valence-electron chi connectivity index (χ0n) is 15.8. The molecule has 8 heteroatoms. The van der Waals surface area contributed by atoms with Crippen molar-refractivity contribution in [1.29, 1.82) is 0 Å². The van der Waals surface area contributed by atoms with Gasteiger partial charge in [-0.1, -0.05) is 20.8 Å². The molecular formula is C20H20FN3O3S. The maximum Gasteiger partial charge on any atom is 0.261 e. The number of amides is 1. The number of thiophene rings is 1. The maximum atomic E-state index is 13.3. The standard InChI is InChI=1S/C20H20FN3O3S/c1-20(2,3)19(27)22-9-13-5-7-17(28-13)16(25)10-24-11-23-15-8-12(21)4-6-14(15)18(24)26/h4-8,11H,9-10H2,1-3H3,(H,22,27). The third-order valence-electron chi connectivity index (χ3n) is 4.14. The average molecular weight is 401 g/mol. The Hall–Kier alpha value is -2.87. The molecule has 0 saturated carbocycles. The number of carbonyl (C=O) groups is 2. The van der Waals surface area contributed by atoms with Gasteiger partial charge in [0.05, 0.1) is 35.2 Å². The first-order chi connectivity index (χ1) is 13.1. The molecule has 0 spiro atoms. The number of nitrogens with one attached hydrogen (secondary N) is 1. The van der Waals surface area contributed by atoms with E-state index < -0.39 is 16.8 Å². The Bertz CT molecular complexity index is 1110. The van der Waals surface area contributed by atoms with Crippen LogP contribution in [-0.4, -0.2) is 21.2 Å². The maximum absolute atomic E-state index is 13.3. The molecule has 0 aliphatic carbocycles. The fourth-order valence-corrected chi connectivity index (χ4v) is 3.41. The van der Waals surface area contributed by atoms with Crippen LogP contribution in [-0.2, 0) is 17.9 Å². The molecular weight excluding hydrogens is 381 g/mol. The van der Waals surface area contributed by atoms with Crippen LogP contribution < -0.4 is 10.9 Å². The Morgan fingerprint density at radius 3 is 2.68 bits per heavy atom. The van der Waals surface area contributed by atoms with Crippen LogP contribution in [0.5, 0.6) is 0 Å².